The number of nitrogens with zero attached hydrogens (tertiary/aromatic N) is 3. The van der Waals surface area contributed by atoms with E-state index in [1.807, 2.05) is 12.1 Å². The third-order valence-electron chi connectivity index (χ3n) is 4.36. The first kappa shape index (κ1) is 14.3. The van der Waals surface area contributed by atoms with Crippen LogP contribution in [-0.4, -0.2) is 55.1 Å². The average molecular weight is 285 g/mol. The van der Waals surface area contributed by atoms with Gasteiger partial charge in [0, 0.05) is 24.5 Å². The van der Waals surface area contributed by atoms with Crippen LogP contribution >= 0.6 is 0 Å². The summed E-state index contributed by atoms with van der Waals surface area (Å²) >= 11 is 0. The van der Waals surface area contributed by atoms with Crippen molar-refractivity contribution in [2.45, 2.75) is 19.0 Å². The van der Waals surface area contributed by atoms with Crippen molar-refractivity contribution in [3.63, 3.8) is 0 Å². The van der Waals surface area contributed by atoms with E-state index in [2.05, 4.69) is 42.1 Å². The molecule has 1 atom stereocenters. The predicted molar refractivity (Wildman–Crippen MR) is 85.7 cm³/mol. The minimum Gasteiger partial charge on any atom is -0.494 e. The van der Waals surface area contributed by atoms with E-state index in [1.165, 1.54) is 13.0 Å². The van der Waals surface area contributed by atoms with Crippen LogP contribution in [0.1, 0.15) is 12.1 Å². The van der Waals surface area contributed by atoms with Gasteiger partial charge >= 0.3 is 0 Å². The second-order valence-corrected chi connectivity index (χ2v) is 5.95. The molecule has 0 N–H and O–H groups in total. The van der Waals surface area contributed by atoms with Gasteiger partial charge in [-0.25, -0.2) is 4.98 Å². The van der Waals surface area contributed by atoms with Gasteiger partial charge in [-0.2, -0.15) is 0 Å². The molecule has 3 rings (SSSR count). The van der Waals surface area contributed by atoms with Crippen LogP contribution in [0.25, 0.3) is 10.9 Å². The number of rotatable bonds is 4. The first-order valence-electron chi connectivity index (χ1n) is 7.49. The third kappa shape index (κ3) is 3.01. The van der Waals surface area contributed by atoms with E-state index in [1.54, 1.807) is 7.11 Å². The highest BCUT2D eigenvalue weighted by Crippen LogP contribution is 2.24. The van der Waals surface area contributed by atoms with Gasteiger partial charge in [-0.05, 0) is 39.2 Å². The van der Waals surface area contributed by atoms with E-state index < -0.39 is 0 Å². The Balaban J connectivity index is 1.81. The predicted octanol–water partition coefficient (Wildman–Crippen LogP) is 2.38. The normalized spacial score (nSPS) is 19.5. The average Bonchev–Trinajstić information content (AvgIpc) is 2.93. The molecule has 0 saturated carbocycles. The Morgan fingerprint density at radius 3 is 2.90 bits per heavy atom. The largest absolute Gasteiger partial charge is 0.494 e. The molecular weight excluding hydrogens is 262 g/mol. The molecule has 4 heteroatoms. The molecule has 1 aliphatic heterocycles. The van der Waals surface area contributed by atoms with Crippen LogP contribution < -0.4 is 4.74 Å². The lowest BCUT2D eigenvalue weighted by Crippen LogP contribution is -2.33. The number of fused-ring (bicyclic) bond motifs is 1. The maximum atomic E-state index is 5.42. The van der Waals surface area contributed by atoms with E-state index in [0.717, 1.165) is 35.4 Å². The lowest BCUT2D eigenvalue weighted by atomic mass is 10.1. The Morgan fingerprint density at radius 1 is 1.33 bits per heavy atom. The molecule has 0 radical (unpaired) electrons. The summed E-state index contributed by atoms with van der Waals surface area (Å²) in [5.74, 6) is 0.845. The molecule has 0 amide bonds. The number of benzene rings is 1. The number of hydrogen-bond acceptors (Lipinski definition) is 4. The standard InChI is InChI=1S/C17H23N3O/c1-19-10-9-15(12-19)20(2)11-14-8-7-13-5-4-6-16(21-3)17(13)18-14/h4-8,15H,9-12H2,1-3H3/t15-/m1/s1. The van der Waals surface area contributed by atoms with E-state index in [4.69, 9.17) is 9.72 Å². The van der Waals surface area contributed by atoms with E-state index in [9.17, 15) is 0 Å². The highest BCUT2D eigenvalue weighted by Gasteiger charge is 2.23. The van der Waals surface area contributed by atoms with Crippen LogP contribution in [0, 0.1) is 0 Å². The molecule has 0 aliphatic carbocycles. The Kier molecular flexibility index (Phi) is 4.08. The second kappa shape index (κ2) is 6.00. The van der Waals surface area contributed by atoms with Gasteiger partial charge in [0.05, 0.1) is 12.8 Å². The van der Waals surface area contributed by atoms with Gasteiger partial charge in [0.15, 0.2) is 0 Å². The molecular formula is C17H23N3O. The summed E-state index contributed by atoms with van der Waals surface area (Å²) in [6.07, 6.45) is 1.24. The number of pyridine rings is 1. The molecule has 112 valence electrons. The summed E-state index contributed by atoms with van der Waals surface area (Å²) in [5, 5.41) is 1.13. The molecule has 0 unspecified atom stereocenters. The Morgan fingerprint density at radius 2 is 2.19 bits per heavy atom. The van der Waals surface area contributed by atoms with E-state index in [-0.39, 0.29) is 0 Å². The van der Waals surface area contributed by atoms with Gasteiger partial charge in [-0.3, -0.25) is 4.90 Å². The van der Waals surface area contributed by atoms with Crippen LogP contribution in [0.3, 0.4) is 0 Å². The third-order valence-corrected chi connectivity index (χ3v) is 4.36. The van der Waals surface area contributed by atoms with Gasteiger partial charge in [0.25, 0.3) is 0 Å². The van der Waals surface area contributed by atoms with Crippen LogP contribution in [0.2, 0.25) is 0 Å². The first-order chi connectivity index (χ1) is 10.2. The van der Waals surface area contributed by atoms with Gasteiger partial charge < -0.3 is 9.64 Å². The fourth-order valence-electron chi connectivity index (χ4n) is 3.07. The first-order valence-corrected chi connectivity index (χ1v) is 7.49. The van der Waals surface area contributed by atoms with Crippen molar-refractivity contribution in [1.29, 1.82) is 0 Å². The quantitative estimate of drug-likeness (QED) is 0.862. The molecule has 2 aromatic rings. The summed E-state index contributed by atoms with van der Waals surface area (Å²) in [6, 6.07) is 10.9. The highest BCUT2D eigenvalue weighted by molar-refractivity contribution is 5.84. The molecule has 1 aromatic carbocycles. The van der Waals surface area contributed by atoms with Crippen molar-refractivity contribution in [3.05, 3.63) is 36.0 Å². The molecule has 0 spiro atoms. The number of para-hydroxylation sites is 1. The Hall–Kier alpha value is -1.65. The van der Waals surface area contributed by atoms with Gasteiger partial charge in [-0.15, -0.1) is 0 Å². The zero-order chi connectivity index (χ0) is 14.8. The number of likely N-dealkylation sites (tertiary alicyclic amines) is 1. The zero-order valence-electron chi connectivity index (χ0n) is 13.0. The smallest absolute Gasteiger partial charge is 0.145 e. The lowest BCUT2D eigenvalue weighted by Gasteiger charge is -2.23. The number of hydrogen-bond donors (Lipinski definition) is 0. The number of methoxy groups -OCH3 is 1. The van der Waals surface area contributed by atoms with Crippen molar-refractivity contribution in [2.75, 3.05) is 34.3 Å². The number of likely N-dealkylation sites (N-methyl/N-ethyl adjacent to an activating group) is 2. The fourth-order valence-corrected chi connectivity index (χ4v) is 3.07. The molecule has 1 aliphatic rings. The topological polar surface area (TPSA) is 28.6 Å². The molecule has 2 heterocycles. The summed E-state index contributed by atoms with van der Waals surface area (Å²) < 4.78 is 5.42. The summed E-state index contributed by atoms with van der Waals surface area (Å²) in [6.45, 7) is 3.22. The van der Waals surface area contributed by atoms with Gasteiger partial charge in [0.2, 0.25) is 0 Å². The maximum Gasteiger partial charge on any atom is 0.145 e. The van der Waals surface area contributed by atoms with Crippen LogP contribution in [0.5, 0.6) is 5.75 Å². The SMILES string of the molecule is COc1cccc2ccc(CN(C)[C@@H]3CCN(C)C3)nc12. The van der Waals surface area contributed by atoms with E-state index >= 15 is 0 Å². The molecule has 4 nitrogen and oxygen atoms in total. The van der Waals surface area contributed by atoms with Crippen LogP contribution in [0.15, 0.2) is 30.3 Å². The lowest BCUT2D eigenvalue weighted by molar-refractivity contribution is 0.232. The van der Waals surface area contributed by atoms with Gasteiger partial charge in [-0.1, -0.05) is 18.2 Å². The number of ether oxygens (including phenoxy) is 1. The summed E-state index contributed by atoms with van der Waals surface area (Å²) in [5.41, 5.74) is 2.05. The Labute approximate surface area is 126 Å². The van der Waals surface area contributed by atoms with Crippen molar-refractivity contribution in [1.82, 2.24) is 14.8 Å². The molecule has 1 fully saturated rings. The highest BCUT2D eigenvalue weighted by atomic mass is 16.5. The molecule has 1 aromatic heterocycles. The van der Waals surface area contributed by atoms with Crippen molar-refractivity contribution >= 4 is 10.9 Å². The molecule has 0 bridgehead atoms. The summed E-state index contributed by atoms with van der Waals surface area (Å²) in [7, 11) is 6.08. The van der Waals surface area contributed by atoms with Crippen molar-refractivity contribution in [3.8, 4) is 5.75 Å². The minimum atomic E-state index is 0.630. The minimum absolute atomic E-state index is 0.630. The number of aromatic nitrogens is 1. The van der Waals surface area contributed by atoms with Crippen LogP contribution in [0.4, 0.5) is 0 Å². The van der Waals surface area contributed by atoms with Crippen molar-refractivity contribution in [2.24, 2.45) is 0 Å². The van der Waals surface area contributed by atoms with E-state index in [0.29, 0.717) is 6.04 Å². The van der Waals surface area contributed by atoms with Crippen molar-refractivity contribution < 1.29 is 4.74 Å². The zero-order valence-corrected chi connectivity index (χ0v) is 13.0. The van der Waals surface area contributed by atoms with Gasteiger partial charge in [0.1, 0.15) is 11.3 Å². The monoisotopic (exact) mass is 285 g/mol. The Bertz CT molecular complexity index is 628. The second-order valence-electron chi connectivity index (χ2n) is 5.95. The summed E-state index contributed by atoms with van der Waals surface area (Å²) in [4.78, 5) is 9.59. The molecule has 21 heavy (non-hydrogen) atoms. The maximum absolute atomic E-state index is 5.42. The molecule has 1 saturated heterocycles. The van der Waals surface area contributed by atoms with Crippen LogP contribution in [-0.2, 0) is 6.54 Å². The fraction of sp³-hybridized carbons (Fsp3) is 0.471.